The number of nitrogens with one attached hydrogen (secondary N) is 1. The molecule has 94 valence electrons. The maximum Gasteiger partial charge on any atom is 0.404 e. The van der Waals surface area contributed by atoms with E-state index in [1.807, 2.05) is 0 Å². The van der Waals surface area contributed by atoms with Crippen molar-refractivity contribution in [1.82, 2.24) is 15.2 Å². The van der Waals surface area contributed by atoms with Crippen LogP contribution < -0.4 is 10.2 Å². The minimum Gasteiger partial charge on any atom is -0.465 e. The van der Waals surface area contributed by atoms with Gasteiger partial charge in [0.1, 0.15) is 0 Å². The summed E-state index contributed by atoms with van der Waals surface area (Å²) in [6.45, 7) is 4.39. The van der Waals surface area contributed by atoms with Crippen molar-refractivity contribution in [2.75, 3.05) is 38.1 Å². The Morgan fingerprint density at radius 2 is 2.24 bits per heavy atom. The molecule has 6 nitrogen and oxygen atoms in total. The number of likely N-dealkylation sites (N-methyl/N-ethyl adjacent to an activating group) is 1. The first-order valence-electron chi connectivity index (χ1n) is 5.50. The Morgan fingerprint density at radius 3 is 2.88 bits per heavy atom. The van der Waals surface area contributed by atoms with Crippen LogP contribution in [0.2, 0.25) is 0 Å². The molecule has 1 fully saturated rings. The van der Waals surface area contributed by atoms with E-state index in [9.17, 15) is 4.79 Å². The molecule has 0 aromatic carbocycles. The van der Waals surface area contributed by atoms with Crippen LogP contribution in [0.4, 0.5) is 9.93 Å². The molecule has 1 aliphatic rings. The number of hydrogen-bond donors (Lipinski definition) is 2. The van der Waals surface area contributed by atoms with Gasteiger partial charge in [-0.15, -0.1) is 11.3 Å². The number of carboxylic acid groups (broad SMARTS) is 1. The van der Waals surface area contributed by atoms with Crippen molar-refractivity contribution in [3.63, 3.8) is 0 Å². The van der Waals surface area contributed by atoms with Crippen molar-refractivity contribution in [2.45, 2.75) is 6.54 Å². The van der Waals surface area contributed by atoms with Gasteiger partial charge < -0.3 is 20.2 Å². The molecule has 2 rings (SSSR count). The zero-order valence-corrected chi connectivity index (χ0v) is 10.5. The van der Waals surface area contributed by atoms with Gasteiger partial charge in [-0.1, -0.05) is 0 Å². The number of thiazole rings is 1. The standard InChI is InChI=1S/C10H16N4O2S/c1-13-2-4-14(5-3-13)9-11-6-8(17-9)7-12-10(15)16/h6,12H,2-5,7H2,1H3,(H,15,16). The lowest BCUT2D eigenvalue weighted by molar-refractivity contribution is 0.194. The summed E-state index contributed by atoms with van der Waals surface area (Å²) >= 11 is 1.55. The molecule has 0 unspecified atom stereocenters. The van der Waals surface area contributed by atoms with Crippen LogP contribution in [0.3, 0.4) is 0 Å². The molecule has 17 heavy (non-hydrogen) atoms. The summed E-state index contributed by atoms with van der Waals surface area (Å²) in [5, 5.41) is 11.8. The Labute approximate surface area is 104 Å². The molecule has 1 saturated heterocycles. The van der Waals surface area contributed by atoms with Gasteiger partial charge in [0, 0.05) is 37.3 Å². The van der Waals surface area contributed by atoms with Crippen molar-refractivity contribution in [3.8, 4) is 0 Å². The highest BCUT2D eigenvalue weighted by atomic mass is 32.1. The Bertz CT molecular complexity index is 387. The Hall–Kier alpha value is -1.34. The van der Waals surface area contributed by atoms with Gasteiger partial charge in [0.25, 0.3) is 0 Å². The zero-order chi connectivity index (χ0) is 12.3. The molecular formula is C10H16N4O2S. The van der Waals surface area contributed by atoms with Gasteiger partial charge in [0.15, 0.2) is 5.13 Å². The first-order chi connectivity index (χ1) is 8.15. The number of nitrogens with zero attached hydrogens (tertiary/aromatic N) is 3. The van der Waals surface area contributed by atoms with Gasteiger partial charge >= 0.3 is 6.09 Å². The maximum absolute atomic E-state index is 10.4. The van der Waals surface area contributed by atoms with Crippen molar-refractivity contribution >= 4 is 22.6 Å². The van der Waals surface area contributed by atoms with Gasteiger partial charge in [-0.25, -0.2) is 9.78 Å². The monoisotopic (exact) mass is 256 g/mol. The van der Waals surface area contributed by atoms with E-state index in [4.69, 9.17) is 5.11 Å². The van der Waals surface area contributed by atoms with E-state index in [0.29, 0.717) is 6.54 Å². The van der Waals surface area contributed by atoms with E-state index in [1.54, 1.807) is 17.5 Å². The van der Waals surface area contributed by atoms with Gasteiger partial charge in [0.05, 0.1) is 6.54 Å². The predicted octanol–water partition coefficient (Wildman–Crippen LogP) is 0.662. The van der Waals surface area contributed by atoms with Crippen molar-refractivity contribution in [2.24, 2.45) is 0 Å². The minimum atomic E-state index is -1.00. The van der Waals surface area contributed by atoms with Gasteiger partial charge in [-0.05, 0) is 7.05 Å². The largest absolute Gasteiger partial charge is 0.465 e. The lowest BCUT2D eigenvalue weighted by atomic mass is 10.3. The SMILES string of the molecule is CN1CCN(c2ncc(CNC(=O)O)s2)CC1. The third-order valence-corrected chi connectivity index (χ3v) is 3.79. The first kappa shape index (κ1) is 12.1. The van der Waals surface area contributed by atoms with E-state index in [2.05, 4.69) is 27.1 Å². The van der Waals surface area contributed by atoms with Crippen LogP contribution in [0.5, 0.6) is 0 Å². The summed E-state index contributed by atoms with van der Waals surface area (Å²) in [6, 6.07) is 0. The van der Waals surface area contributed by atoms with E-state index in [0.717, 1.165) is 36.2 Å². The molecule has 0 saturated carbocycles. The topological polar surface area (TPSA) is 68.7 Å². The molecule has 1 aromatic rings. The van der Waals surface area contributed by atoms with Crippen LogP contribution in [-0.2, 0) is 6.54 Å². The molecule has 0 bridgehead atoms. The Balaban J connectivity index is 1.91. The zero-order valence-electron chi connectivity index (χ0n) is 9.72. The van der Waals surface area contributed by atoms with E-state index < -0.39 is 6.09 Å². The second kappa shape index (κ2) is 5.33. The molecule has 1 aromatic heterocycles. The van der Waals surface area contributed by atoms with E-state index >= 15 is 0 Å². The molecule has 2 heterocycles. The summed E-state index contributed by atoms with van der Waals surface area (Å²) in [7, 11) is 2.11. The predicted molar refractivity (Wildman–Crippen MR) is 66.7 cm³/mol. The van der Waals surface area contributed by atoms with Crippen molar-refractivity contribution < 1.29 is 9.90 Å². The number of anilines is 1. The Kier molecular flexibility index (Phi) is 3.80. The molecule has 0 spiro atoms. The fourth-order valence-corrected chi connectivity index (χ4v) is 2.59. The summed E-state index contributed by atoms with van der Waals surface area (Å²) in [6.07, 6.45) is 0.744. The summed E-state index contributed by atoms with van der Waals surface area (Å²) < 4.78 is 0. The fourth-order valence-electron chi connectivity index (χ4n) is 1.69. The highest BCUT2D eigenvalue weighted by molar-refractivity contribution is 7.15. The fraction of sp³-hybridized carbons (Fsp3) is 0.600. The summed E-state index contributed by atoms with van der Waals surface area (Å²) in [4.78, 5) is 20.2. The normalized spacial score (nSPS) is 17.1. The number of piperazine rings is 1. The van der Waals surface area contributed by atoms with Crippen LogP contribution in [0, 0.1) is 0 Å². The average Bonchev–Trinajstić information content (AvgIpc) is 2.76. The smallest absolute Gasteiger partial charge is 0.404 e. The minimum absolute atomic E-state index is 0.334. The molecule has 7 heteroatoms. The number of aromatic nitrogens is 1. The van der Waals surface area contributed by atoms with Crippen molar-refractivity contribution in [3.05, 3.63) is 11.1 Å². The van der Waals surface area contributed by atoms with Gasteiger partial charge in [-0.2, -0.15) is 0 Å². The van der Waals surface area contributed by atoms with Crippen LogP contribution in [0.1, 0.15) is 4.88 Å². The molecule has 2 N–H and O–H groups in total. The number of amides is 1. The lowest BCUT2D eigenvalue weighted by Crippen LogP contribution is -2.44. The summed E-state index contributed by atoms with van der Waals surface area (Å²) in [5.41, 5.74) is 0. The van der Waals surface area contributed by atoms with Crippen LogP contribution in [-0.4, -0.2) is 54.3 Å². The maximum atomic E-state index is 10.4. The molecule has 0 aliphatic carbocycles. The molecule has 0 atom stereocenters. The van der Waals surface area contributed by atoms with E-state index in [-0.39, 0.29) is 0 Å². The van der Waals surface area contributed by atoms with Crippen LogP contribution >= 0.6 is 11.3 Å². The highest BCUT2D eigenvalue weighted by Crippen LogP contribution is 2.23. The van der Waals surface area contributed by atoms with E-state index in [1.165, 1.54) is 0 Å². The van der Waals surface area contributed by atoms with Gasteiger partial charge in [0.2, 0.25) is 0 Å². The number of rotatable bonds is 3. The quantitative estimate of drug-likeness (QED) is 0.831. The second-order valence-electron chi connectivity index (χ2n) is 4.06. The van der Waals surface area contributed by atoms with Crippen molar-refractivity contribution in [1.29, 1.82) is 0 Å². The highest BCUT2D eigenvalue weighted by Gasteiger charge is 2.16. The van der Waals surface area contributed by atoms with Crippen LogP contribution in [0.15, 0.2) is 6.20 Å². The van der Waals surface area contributed by atoms with Crippen LogP contribution in [0.25, 0.3) is 0 Å². The Morgan fingerprint density at radius 1 is 1.53 bits per heavy atom. The third-order valence-electron chi connectivity index (χ3n) is 2.73. The molecule has 1 aliphatic heterocycles. The molecule has 1 amide bonds. The summed E-state index contributed by atoms with van der Waals surface area (Å²) in [5.74, 6) is 0. The lowest BCUT2D eigenvalue weighted by Gasteiger charge is -2.32. The molecular weight excluding hydrogens is 240 g/mol. The third kappa shape index (κ3) is 3.31. The second-order valence-corrected chi connectivity index (χ2v) is 5.15. The molecule has 0 radical (unpaired) electrons. The number of carbonyl (C=O) groups is 1. The number of hydrogen-bond acceptors (Lipinski definition) is 5. The average molecular weight is 256 g/mol. The first-order valence-corrected chi connectivity index (χ1v) is 6.32. The van der Waals surface area contributed by atoms with Gasteiger partial charge in [-0.3, -0.25) is 0 Å².